The number of nitrogens with zero attached hydrogens (tertiary/aromatic N) is 2. The molecule has 0 saturated carbocycles. The zero-order chi connectivity index (χ0) is 8.55. The Balaban J connectivity index is 2.09. The van der Waals surface area contributed by atoms with E-state index in [-0.39, 0.29) is 0 Å². The second-order valence-corrected chi connectivity index (χ2v) is 3.97. The molecule has 0 aliphatic carbocycles. The Kier molecular flexibility index (Phi) is 2.05. The first-order chi connectivity index (χ1) is 5.83. The van der Waals surface area contributed by atoms with Gasteiger partial charge < -0.3 is 5.21 Å². The summed E-state index contributed by atoms with van der Waals surface area (Å²) >= 11 is 0. The van der Waals surface area contributed by atoms with Gasteiger partial charge in [0.25, 0.3) is 0 Å². The van der Waals surface area contributed by atoms with Gasteiger partial charge in [-0.3, -0.25) is 4.90 Å². The molecule has 2 heterocycles. The van der Waals surface area contributed by atoms with Gasteiger partial charge in [0, 0.05) is 24.2 Å². The van der Waals surface area contributed by atoms with Crippen LogP contribution in [0, 0.1) is 5.92 Å². The fourth-order valence-electron chi connectivity index (χ4n) is 2.74. The highest BCUT2D eigenvalue weighted by atomic mass is 16.4. The van der Waals surface area contributed by atoms with E-state index >= 15 is 0 Å². The normalized spacial score (nSPS) is 42.6. The van der Waals surface area contributed by atoms with Gasteiger partial charge >= 0.3 is 0 Å². The van der Waals surface area contributed by atoms with Crippen molar-refractivity contribution in [1.29, 1.82) is 0 Å². The van der Waals surface area contributed by atoms with Gasteiger partial charge in [-0.1, -0.05) is 0 Å². The Bertz CT molecular complexity index is 193. The van der Waals surface area contributed by atoms with Crippen molar-refractivity contribution in [1.82, 2.24) is 4.90 Å². The van der Waals surface area contributed by atoms with Crippen molar-refractivity contribution in [3.8, 4) is 0 Å². The van der Waals surface area contributed by atoms with Crippen LogP contribution < -0.4 is 0 Å². The third-order valence-electron chi connectivity index (χ3n) is 3.48. The molecule has 0 aromatic carbocycles. The van der Waals surface area contributed by atoms with Crippen LogP contribution in [0.3, 0.4) is 0 Å². The van der Waals surface area contributed by atoms with Crippen LogP contribution in [0.2, 0.25) is 0 Å². The fraction of sp³-hybridized carbons (Fsp3) is 0.889. The van der Waals surface area contributed by atoms with Crippen LogP contribution in [-0.4, -0.2) is 35.5 Å². The first-order valence-electron chi connectivity index (χ1n) is 4.72. The molecule has 0 spiro atoms. The molecule has 3 heteroatoms. The molecular formula is C9H16N2O. The Labute approximate surface area is 73.1 Å². The van der Waals surface area contributed by atoms with Crippen LogP contribution in [0.25, 0.3) is 0 Å². The lowest BCUT2D eigenvalue weighted by Crippen LogP contribution is -2.42. The van der Waals surface area contributed by atoms with Gasteiger partial charge in [-0.25, -0.2) is 0 Å². The minimum atomic E-state index is 0.485. The summed E-state index contributed by atoms with van der Waals surface area (Å²) in [5.41, 5.74) is 0. The molecule has 2 fully saturated rings. The second-order valence-electron chi connectivity index (χ2n) is 3.97. The number of fused-ring (bicyclic) bond motifs is 2. The molecule has 3 atom stereocenters. The van der Waals surface area contributed by atoms with E-state index in [1.54, 1.807) is 6.21 Å². The van der Waals surface area contributed by atoms with Gasteiger partial charge in [0.15, 0.2) is 0 Å². The molecule has 1 N–H and O–H groups in total. The van der Waals surface area contributed by atoms with E-state index in [0.717, 1.165) is 6.04 Å². The highest BCUT2D eigenvalue weighted by molar-refractivity contribution is 5.61. The zero-order valence-corrected chi connectivity index (χ0v) is 7.48. The predicted octanol–water partition coefficient (Wildman–Crippen LogP) is 1.32. The van der Waals surface area contributed by atoms with Gasteiger partial charge in [0.1, 0.15) is 0 Å². The molecule has 2 saturated heterocycles. The van der Waals surface area contributed by atoms with Crippen LogP contribution >= 0.6 is 0 Å². The number of hydrogen-bond donors (Lipinski definition) is 1. The maximum Gasteiger partial charge on any atom is 0.0482 e. The van der Waals surface area contributed by atoms with E-state index in [2.05, 4.69) is 17.1 Å². The highest BCUT2D eigenvalue weighted by Gasteiger charge is 2.39. The average Bonchev–Trinajstić information content (AvgIpc) is 2.33. The van der Waals surface area contributed by atoms with Gasteiger partial charge in [-0.2, -0.15) is 0 Å². The summed E-state index contributed by atoms with van der Waals surface area (Å²) in [5.74, 6) is 0.485. The van der Waals surface area contributed by atoms with E-state index in [0.29, 0.717) is 12.0 Å². The predicted molar refractivity (Wildman–Crippen MR) is 47.6 cm³/mol. The number of rotatable bonds is 1. The summed E-state index contributed by atoms with van der Waals surface area (Å²) in [6.45, 7) is 0. The number of oxime groups is 1. The van der Waals surface area contributed by atoms with Gasteiger partial charge in [0.05, 0.1) is 0 Å². The molecule has 3 nitrogen and oxygen atoms in total. The standard InChI is InChI=1S/C9H16N2O/c1-11-8-3-2-7(6-10-12)9(11)5-4-8/h6-9,12H,2-5H2,1H3. The largest absolute Gasteiger partial charge is 0.411 e. The topological polar surface area (TPSA) is 35.8 Å². The van der Waals surface area contributed by atoms with Crippen molar-refractivity contribution in [3.63, 3.8) is 0 Å². The minimum absolute atomic E-state index is 0.485. The summed E-state index contributed by atoms with van der Waals surface area (Å²) in [4.78, 5) is 2.45. The summed E-state index contributed by atoms with van der Waals surface area (Å²) in [5, 5.41) is 11.6. The lowest BCUT2D eigenvalue weighted by Gasteiger charge is -2.35. The molecular weight excluding hydrogens is 152 g/mol. The van der Waals surface area contributed by atoms with Crippen molar-refractivity contribution in [2.45, 2.75) is 37.8 Å². The van der Waals surface area contributed by atoms with Crippen molar-refractivity contribution in [2.24, 2.45) is 11.1 Å². The highest BCUT2D eigenvalue weighted by Crippen LogP contribution is 2.36. The molecule has 2 aliphatic rings. The third-order valence-corrected chi connectivity index (χ3v) is 3.48. The Morgan fingerprint density at radius 3 is 2.83 bits per heavy atom. The SMILES string of the molecule is CN1C2CCC(C=NO)C1CC2. The van der Waals surface area contributed by atoms with Crippen LogP contribution in [0.15, 0.2) is 5.16 Å². The summed E-state index contributed by atoms with van der Waals surface area (Å²) in [6, 6.07) is 1.44. The molecule has 0 aromatic rings. The maximum atomic E-state index is 8.48. The smallest absolute Gasteiger partial charge is 0.0482 e. The second kappa shape index (κ2) is 3.05. The van der Waals surface area contributed by atoms with Gasteiger partial charge in [-0.15, -0.1) is 5.16 Å². The van der Waals surface area contributed by atoms with Gasteiger partial charge in [-0.05, 0) is 32.7 Å². The first-order valence-corrected chi connectivity index (χ1v) is 4.72. The lowest BCUT2D eigenvalue weighted by atomic mass is 9.92. The van der Waals surface area contributed by atoms with Crippen LogP contribution in [0.4, 0.5) is 0 Å². The van der Waals surface area contributed by atoms with Crippen LogP contribution in [0.1, 0.15) is 25.7 Å². The third kappa shape index (κ3) is 1.12. The Morgan fingerprint density at radius 2 is 2.08 bits per heavy atom. The molecule has 12 heavy (non-hydrogen) atoms. The van der Waals surface area contributed by atoms with Crippen molar-refractivity contribution < 1.29 is 5.21 Å². The number of piperidine rings is 1. The summed E-state index contributed by atoms with van der Waals surface area (Å²) in [7, 11) is 2.19. The molecule has 2 rings (SSSR count). The molecule has 68 valence electrons. The number of hydrogen-bond acceptors (Lipinski definition) is 3. The van der Waals surface area contributed by atoms with Crippen molar-refractivity contribution in [2.75, 3.05) is 7.05 Å². The van der Waals surface area contributed by atoms with Crippen LogP contribution in [0.5, 0.6) is 0 Å². The summed E-state index contributed by atoms with van der Waals surface area (Å²) in [6.07, 6.45) is 6.78. The fourth-order valence-corrected chi connectivity index (χ4v) is 2.74. The maximum absolute atomic E-state index is 8.48. The monoisotopic (exact) mass is 168 g/mol. The van der Waals surface area contributed by atoms with E-state index in [1.807, 2.05) is 0 Å². The van der Waals surface area contributed by atoms with E-state index in [1.165, 1.54) is 25.7 Å². The first kappa shape index (κ1) is 8.05. The molecule has 2 aliphatic heterocycles. The Morgan fingerprint density at radius 1 is 1.33 bits per heavy atom. The molecule has 3 unspecified atom stereocenters. The molecule has 2 bridgehead atoms. The quantitative estimate of drug-likeness (QED) is 0.364. The molecule has 0 radical (unpaired) electrons. The van der Waals surface area contributed by atoms with Gasteiger partial charge in [0.2, 0.25) is 0 Å². The molecule has 0 aromatic heterocycles. The van der Waals surface area contributed by atoms with Crippen molar-refractivity contribution in [3.05, 3.63) is 0 Å². The van der Waals surface area contributed by atoms with E-state index in [4.69, 9.17) is 5.21 Å². The van der Waals surface area contributed by atoms with E-state index < -0.39 is 0 Å². The van der Waals surface area contributed by atoms with Crippen LogP contribution in [-0.2, 0) is 0 Å². The lowest BCUT2D eigenvalue weighted by molar-refractivity contribution is 0.152. The summed E-state index contributed by atoms with van der Waals surface area (Å²) < 4.78 is 0. The van der Waals surface area contributed by atoms with E-state index in [9.17, 15) is 0 Å². The Hall–Kier alpha value is -0.570. The molecule has 0 amide bonds. The zero-order valence-electron chi connectivity index (χ0n) is 7.48. The van der Waals surface area contributed by atoms with Crippen molar-refractivity contribution >= 4 is 6.21 Å². The minimum Gasteiger partial charge on any atom is -0.411 e. The average molecular weight is 168 g/mol.